The van der Waals surface area contributed by atoms with Crippen molar-refractivity contribution in [3.63, 3.8) is 0 Å². The number of thioether (sulfide) groups is 1. The number of amides is 2. The molecule has 0 saturated heterocycles. The largest absolute Gasteiger partial charge is 0.335 e. The number of hydrogen-bond acceptors (Lipinski definition) is 4. The summed E-state index contributed by atoms with van der Waals surface area (Å²) in [5, 5.41) is 13.9. The molecule has 0 fully saturated rings. The second-order valence-corrected chi connectivity index (χ2v) is 6.51. The summed E-state index contributed by atoms with van der Waals surface area (Å²) in [7, 11) is 0. The molecule has 22 heavy (non-hydrogen) atoms. The van der Waals surface area contributed by atoms with E-state index in [0.717, 1.165) is 30.0 Å². The molecule has 7 heteroatoms. The normalized spacial score (nSPS) is 16.9. The lowest BCUT2D eigenvalue weighted by molar-refractivity contribution is 0.247. The van der Waals surface area contributed by atoms with Gasteiger partial charge in [0.05, 0.1) is 23.1 Å². The van der Waals surface area contributed by atoms with E-state index in [0.29, 0.717) is 5.69 Å². The number of hydrogen-bond donors (Lipinski definition) is 3. The maximum Gasteiger partial charge on any atom is 0.319 e. The highest BCUT2D eigenvalue weighted by atomic mass is 32.2. The van der Waals surface area contributed by atoms with Gasteiger partial charge in [-0.25, -0.2) is 9.78 Å². The molecule has 1 aliphatic rings. The fraction of sp³-hybridized carbons (Fsp3) is 0.400. The first kappa shape index (κ1) is 14.9. The van der Waals surface area contributed by atoms with Crippen LogP contribution >= 0.6 is 11.8 Å². The van der Waals surface area contributed by atoms with Crippen LogP contribution in [-0.2, 0) is 12.8 Å². The Morgan fingerprint density at radius 3 is 3.14 bits per heavy atom. The SMILES string of the molecule is CCSc1ccc(NC(=O)N[C@@H]2CCc3[nH]ncc3C2)cn1. The Labute approximate surface area is 133 Å². The Balaban J connectivity index is 1.52. The fourth-order valence-corrected chi connectivity index (χ4v) is 3.17. The molecule has 0 radical (unpaired) electrons. The molecule has 1 aliphatic carbocycles. The monoisotopic (exact) mass is 317 g/mol. The van der Waals surface area contributed by atoms with Crippen molar-refractivity contribution in [2.24, 2.45) is 0 Å². The molecule has 0 aliphatic heterocycles. The predicted molar refractivity (Wildman–Crippen MR) is 87.2 cm³/mol. The first-order chi connectivity index (χ1) is 10.7. The molecule has 2 heterocycles. The van der Waals surface area contributed by atoms with E-state index in [1.54, 1.807) is 18.0 Å². The van der Waals surface area contributed by atoms with Gasteiger partial charge >= 0.3 is 6.03 Å². The van der Waals surface area contributed by atoms with Crippen molar-refractivity contribution in [1.82, 2.24) is 20.5 Å². The van der Waals surface area contributed by atoms with Crippen molar-refractivity contribution < 1.29 is 4.79 Å². The van der Waals surface area contributed by atoms with E-state index in [4.69, 9.17) is 0 Å². The number of anilines is 1. The molecule has 116 valence electrons. The molecule has 0 saturated carbocycles. The lowest BCUT2D eigenvalue weighted by atomic mass is 9.94. The molecule has 3 rings (SSSR count). The summed E-state index contributed by atoms with van der Waals surface area (Å²) in [4.78, 5) is 16.4. The lowest BCUT2D eigenvalue weighted by Gasteiger charge is -2.22. The molecule has 2 aromatic heterocycles. The van der Waals surface area contributed by atoms with E-state index in [9.17, 15) is 4.79 Å². The standard InChI is InChI=1S/C15H19N5OS/c1-2-22-14-6-4-12(9-16-14)19-15(21)18-11-3-5-13-10(7-11)8-17-20-13/h4,6,8-9,11H,2-3,5,7H2,1H3,(H,17,20)(H2,18,19,21)/t11-/m1/s1. The zero-order chi connectivity index (χ0) is 15.4. The van der Waals surface area contributed by atoms with Crippen LogP contribution in [0.2, 0.25) is 0 Å². The van der Waals surface area contributed by atoms with Gasteiger partial charge < -0.3 is 10.6 Å². The van der Waals surface area contributed by atoms with Gasteiger partial charge in [-0.3, -0.25) is 5.10 Å². The van der Waals surface area contributed by atoms with Crippen molar-refractivity contribution >= 4 is 23.5 Å². The van der Waals surface area contributed by atoms with E-state index in [2.05, 4.69) is 32.7 Å². The summed E-state index contributed by atoms with van der Waals surface area (Å²) >= 11 is 1.68. The molecule has 0 bridgehead atoms. The first-order valence-electron chi connectivity index (χ1n) is 7.42. The fourth-order valence-electron chi connectivity index (χ4n) is 2.58. The van der Waals surface area contributed by atoms with Gasteiger partial charge in [0.2, 0.25) is 0 Å². The van der Waals surface area contributed by atoms with E-state index < -0.39 is 0 Å². The third-order valence-corrected chi connectivity index (χ3v) is 4.46. The van der Waals surface area contributed by atoms with Crippen molar-refractivity contribution in [3.05, 3.63) is 35.8 Å². The predicted octanol–water partition coefficient (Wildman–Crippen LogP) is 2.60. The number of rotatable bonds is 4. The van der Waals surface area contributed by atoms with Gasteiger partial charge in [-0.1, -0.05) is 6.92 Å². The number of nitrogens with zero attached hydrogens (tertiary/aromatic N) is 2. The summed E-state index contributed by atoms with van der Waals surface area (Å²) in [5.74, 6) is 0.984. The Morgan fingerprint density at radius 2 is 2.36 bits per heavy atom. The van der Waals surface area contributed by atoms with Crippen LogP contribution in [0.25, 0.3) is 0 Å². The average Bonchev–Trinajstić information content (AvgIpc) is 2.97. The number of nitrogens with one attached hydrogen (secondary N) is 3. The number of H-pyrrole nitrogens is 1. The van der Waals surface area contributed by atoms with Crippen molar-refractivity contribution in [2.75, 3.05) is 11.1 Å². The maximum absolute atomic E-state index is 12.1. The Bertz CT molecular complexity index is 640. The van der Waals surface area contributed by atoms with Crippen LogP contribution in [0.3, 0.4) is 0 Å². The van der Waals surface area contributed by atoms with Gasteiger partial charge in [-0.05, 0) is 42.7 Å². The smallest absolute Gasteiger partial charge is 0.319 e. The number of carbonyl (C=O) groups excluding carboxylic acids is 1. The van der Waals surface area contributed by atoms with Crippen molar-refractivity contribution in [2.45, 2.75) is 37.3 Å². The number of aromatic amines is 1. The number of pyridine rings is 1. The zero-order valence-electron chi connectivity index (χ0n) is 12.4. The summed E-state index contributed by atoms with van der Waals surface area (Å²) in [6, 6.07) is 3.75. The quantitative estimate of drug-likeness (QED) is 0.757. The van der Waals surface area contributed by atoms with E-state index in [1.807, 2.05) is 18.3 Å². The third-order valence-electron chi connectivity index (χ3n) is 3.64. The summed E-state index contributed by atoms with van der Waals surface area (Å²) in [6.45, 7) is 2.08. The minimum absolute atomic E-state index is 0.146. The van der Waals surface area contributed by atoms with Gasteiger partial charge in [0.1, 0.15) is 0 Å². The minimum atomic E-state index is -0.186. The Morgan fingerprint density at radius 1 is 1.45 bits per heavy atom. The average molecular weight is 317 g/mol. The van der Waals surface area contributed by atoms with Gasteiger partial charge in [0.15, 0.2) is 0 Å². The van der Waals surface area contributed by atoms with E-state index in [1.165, 1.54) is 11.3 Å². The molecular formula is C15H19N5OS. The van der Waals surface area contributed by atoms with Crippen LogP contribution in [0, 0.1) is 0 Å². The van der Waals surface area contributed by atoms with E-state index >= 15 is 0 Å². The zero-order valence-corrected chi connectivity index (χ0v) is 13.2. The van der Waals surface area contributed by atoms with E-state index in [-0.39, 0.29) is 12.1 Å². The molecule has 2 aromatic rings. The van der Waals surface area contributed by atoms with Gasteiger partial charge in [-0.2, -0.15) is 5.10 Å². The van der Waals surface area contributed by atoms with Gasteiger partial charge in [0.25, 0.3) is 0 Å². The van der Waals surface area contributed by atoms with Crippen LogP contribution in [-0.4, -0.2) is 33.0 Å². The highest BCUT2D eigenvalue weighted by Gasteiger charge is 2.21. The lowest BCUT2D eigenvalue weighted by Crippen LogP contribution is -2.41. The van der Waals surface area contributed by atoms with Crippen LogP contribution in [0.4, 0.5) is 10.5 Å². The van der Waals surface area contributed by atoms with Crippen LogP contribution < -0.4 is 10.6 Å². The van der Waals surface area contributed by atoms with Gasteiger partial charge in [0, 0.05) is 11.7 Å². The maximum atomic E-state index is 12.1. The highest BCUT2D eigenvalue weighted by molar-refractivity contribution is 7.99. The van der Waals surface area contributed by atoms with Crippen molar-refractivity contribution in [3.8, 4) is 0 Å². The number of carbonyl (C=O) groups is 1. The number of fused-ring (bicyclic) bond motifs is 1. The third kappa shape index (κ3) is 3.59. The molecule has 6 nitrogen and oxygen atoms in total. The first-order valence-corrected chi connectivity index (χ1v) is 8.40. The Hall–Kier alpha value is -2.02. The Kier molecular flexibility index (Phi) is 4.62. The second kappa shape index (κ2) is 6.83. The molecule has 2 amide bonds. The summed E-state index contributed by atoms with van der Waals surface area (Å²) in [5.41, 5.74) is 3.09. The van der Waals surface area contributed by atoms with Crippen LogP contribution in [0.1, 0.15) is 24.6 Å². The second-order valence-electron chi connectivity index (χ2n) is 5.23. The van der Waals surface area contributed by atoms with Crippen LogP contribution in [0.5, 0.6) is 0 Å². The summed E-state index contributed by atoms with van der Waals surface area (Å²) < 4.78 is 0. The molecule has 0 unspecified atom stereocenters. The molecule has 3 N–H and O–H groups in total. The molecule has 0 aromatic carbocycles. The van der Waals surface area contributed by atoms with Crippen molar-refractivity contribution in [1.29, 1.82) is 0 Å². The number of aryl methyl sites for hydroxylation is 1. The number of urea groups is 1. The van der Waals surface area contributed by atoms with Gasteiger partial charge in [-0.15, -0.1) is 11.8 Å². The topological polar surface area (TPSA) is 82.7 Å². The molecule has 0 spiro atoms. The molecular weight excluding hydrogens is 298 g/mol. The molecule has 1 atom stereocenters. The number of aromatic nitrogens is 3. The summed E-state index contributed by atoms with van der Waals surface area (Å²) in [6.07, 6.45) is 6.20. The minimum Gasteiger partial charge on any atom is -0.335 e. The van der Waals surface area contributed by atoms with Crippen LogP contribution in [0.15, 0.2) is 29.6 Å². The highest BCUT2D eigenvalue weighted by Crippen LogP contribution is 2.19.